The molecule has 0 aliphatic carbocycles. The van der Waals surface area contributed by atoms with Gasteiger partial charge in [0.05, 0.1) is 0 Å². The molecule has 0 atom stereocenters. The van der Waals surface area contributed by atoms with Crippen LogP contribution in [0, 0.1) is 0 Å². The summed E-state index contributed by atoms with van der Waals surface area (Å²) in [7, 11) is 0. The SMILES string of the molecule is CCC(Br)(CC)C(=O)NC(N)=O.CCCCCCCCCCCCC.[KH].[KH]. The molecule has 0 saturated heterocycles. The van der Waals surface area contributed by atoms with E-state index in [-0.39, 0.29) is 109 Å². The normalized spacial score (nSPS) is 9.96. The van der Waals surface area contributed by atoms with Gasteiger partial charge in [0.2, 0.25) is 5.91 Å². The summed E-state index contributed by atoms with van der Waals surface area (Å²) in [4.78, 5) is 21.6. The number of carbonyl (C=O) groups is 2. The van der Waals surface area contributed by atoms with Crippen LogP contribution >= 0.6 is 15.9 Å². The predicted molar refractivity (Wildman–Crippen MR) is 126 cm³/mol. The van der Waals surface area contributed by atoms with Crippen molar-refractivity contribution in [1.82, 2.24) is 5.32 Å². The summed E-state index contributed by atoms with van der Waals surface area (Å²) < 4.78 is -0.665. The van der Waals surface area contributed by atoms with Crippen molar-refractivity contribution in [2.75, 3.05) is 0 Å². The first-order chi connectivity index (χ1) is 11.9. The van der Waals surface area contributed by atoms with E-state index in [2.05, 4.69) is 29.8 Å². The van der Waals surface area contributed by atoms with Gasteiger partial charge in [0.1, 0.15) is 4.32 Å². The van der Waals surface area contributed by atoms with Gasteiger partial charge in [-0.2, -0.15) is 0 Å². The van der Waals surface area contributed by atoms with Crippen LogP contribution in [0.3, 0.4) is 0 Å². The van der Waals surface area contributed by atoms with Crippen LogP contribution < -0.4 is 11.1 Å². The van der Waals surface area contributed by atoms with Crippen LogP contribution in [-0.2, 0) is 4.79 Å². The Labute approximate surface area is 262 Å². The molecular formula is C20H43BrK2N2O2. The Morgan fingerprint density at radius 2 is 1.04 bits per heavy atom. The molecule has 0 rings (SSSR count). The molecule has 0 fully saturated rings. The second-order valence-electron chi connectivity index (χ2n) is 6.67. The van der Waals surface area contributed by atoms with Gasteiger partial charge in [0.15, 0.2) is 0 Å². The van der Waals surface area contributed by atoms with Gasteiger partial charge in [0.25, 0.3) is 0 Å². The van der Waals surface area contributed by atoms with Crippen molar-refractivity contribution in [3.63, 3.8) is 0 Å². The summed E-state index contributed by atoms with van der Waals surface area (Å²) in [6.45, 7) is 8.28. The molecule has 7 heteroatoms. The number of carbonyl (C=O) groups excluding carboxylic acids is 2. The molecular weight excluding hydrogens is 458 g/mol. The number of alkyl halides is 1. The first-order valence-electron chi connectivity index (χ1n) is 10.2. The van der Waals surface area contributed by atoms with Crippen LogP contribution in [0.2, 0.25) is 0 Å². The van der Waals surface area contributed by atoms with Gasteiger partial charge in [-0.15, -0.1) is 0 Å². The second-order valence-corrected chi connectivity index (χ2v) is 8.19. The van der Waals surface area contributed by atoms with Gasteiger partial charge in [0, 0.05) is 0 Å². The van der Waals surface area contributed by atoms with Gasteiger partial charge in [-0.05, 0) is 12.8 Å². The van der Waals surface area contributed by atoms with E-state index in [1.807, 2.05) is 19.2 Å². The topological polar surface area (TPSA) is 72.2 Å². The van der Waals surface area contributed by atoms with Crippen molar-refractivity contribution >= 4 is 131 Å². The second kappa shape index (κ2) is 26.7. The maximum atomic E-state index is 11.3. The molecule has 0 unspecified atom stereocenters. The molecule has 0 radical (unpaired) electrons. The molecule has 0 bridgehead atoms. The quantitative estimate of drug-likeness (QED) is 0.208. The summed E-state index contributed by atoms with van der Waals surface area (Å²) in [5.41, 5.74) is 4.81. The molecule has 3 N–H and O–H groups in total. The number of imide groups is 1. The van der Waals surface area contributed by atoms with Crippen molar-refractivity contribution in [3.8, 4) is 0 Å². The molecule has 0 spiro atoms. The Balaban J connectivity index is -0.000000183. The number of hydrogen-bond donors (Lipinski definition) is 2. The van der Waals surface area contributed by atoms with Crippen molar-refractivity contribution < 1.29 is 9.59 Å². The molecule has 0 aromatic carbocycles. The van der Waals surface area contributed by atoms with E-state index in [1.54, 1.807) is 0 Å². The van der Waals surface area contributed by atoms with Crippen LogP contribution in [-0.4, -0.2) is 119 Å². The van der Waals surface area contributed by atoms with Gasteiger partial charge >= 0.3 is 109 Å². The molecule has 3 amide bonds. The first kappa shape index (κ1) is 37.0. The van der Waals surface area contributed by atoms with Crippen LogP contribution in [0.25, 0.3) is 0 Å². The zero-order chi connectivity index (χ0) is 19.6. The van der Waals surface area contributed by atoms with E-state index in [0.29, 0.717) is 12.8 Å². The summed E-state index contributed by atoms with van der Waals surface area (Å²) in [5.74, 6) is -0.375. The third-order valence-electron chi connectivity index (χ3n) is 4.47. The molecule has 0 saturated carbocycles. The van der Waals surface area contributed by atoms with Gasteiger partial charge in [-0.25, -0.2) is 4.79 Å². The standard InChI is InChI=1S/C13H28.C7H13BrN2O2.2K.2H/c1-3-5-7-9-11-13-12-10-8-6-4-2;1-3-7(8,4-2)5(11)10-6(9)12;;;;/h3-13H2,1-2H3;3-4H2,1-2H3,(H3,9,10,11,12);;;;. The summed E-state index contributed by atoms with van der Waals surface area (Å²) in [5, 5.41) is 2.04. The van der Waals surface area contributed by atoms with Crippen LogP contribution in [0.5, 0.6) is 0 Å². The number of halogens is 1. The van der Waals surface area contributed by atoms with Gasteiger partial charge in [-0.3, -0.25) is 10.1 Å². The van der Waals surface area contributed by atoms with E-state index in [0.717, 1.165) is 0 Å². The fourth-order valence-electron chi connectivity index (χ4n) is 2.53. The minimum atomic E-state index is -0.814. The van der Waals surface area contributed by atoms with Crippen LogP contribution in [0.1, 0.15) is 111 Å². The third-order valence-corrected chi connectivity index (χ3v) is 5.95. The summed E-state index contributed by atoms with van der Waals surface area (Å²) >= 11 is 3.26. The predicted octanol–water partition coefficient (Wildman–Crippen LogP) is 5.16. The van der Waals surface area contributed by atoms with E-state index in [9.17, 15) is 9.59 Å². The number of primary amides is 1. The number of rotatable bonds is 13. The molecule has 0 aliphatic heterocycles. The molecule has 154 valence electrons. The van der Waals surface area contributed by atoms with Crippen molar-refractivity contribution in [1.29, 1.82) is 0 Å². The number of hydrogen-bond acceptors (Lipinski definition) is 2. The fourth-order valence-corrected chi connectivity index (χ4v) is 2.63. The number of urea groups is 1. The Morgan fingerprint density at radius 3 is 1.26 bits per heavy atom. The molecule has 4 nitrogen and oxygen atoms in total. The van der Waals surface area contributed by atoms with E-state index in [4.69, 9.17) is 5.73 Å². The average Bonchev–Trinajstić information content (AvgIpc) is 2.59. The number of nitrogens with one attached hydrogen (secondary N) is 1. The van der Waals surface area contributed by atoms with E-state index in [1.165, 1.54) is 70.6 Å². The Kier molecular flexibility index (Phi) is 36.7. The zero-order valence-corrected chi connectivity index (χ0v) is 18.6. The van der Waals surface area contributed by atoms with E-state index >= 15 is 0 Å². The monoisotopic (exact) mass is 500 g/mol. The van der Waals surface area contributed by atoms with Gasteiger partial charge in [-0.1, -0.05) is 114 Å². The van der Waals surface area contributed by atoms with E-state index < -0.39 is 10.4 Å². The van der Waals surface area contributed by atoms with Gasteiger partial charge < -0.3 is 5.73 Å². The van der Waals surface area contributed by atoms with Crippen molar-refractivity contribution in [2.45, 2.75) is 115 Å². The number of nitrogens with two attached hydrogens (primary N) is 1. The third kappa shape index (κ3) is 24.8. The maximum absolute atomic E-state index is 11.3. The van der Waals surface area contributed by atoms with Crippen LogP contribution in [0.15, 0.2) is 0 Å². The fraction of sp³-hybridized carbons (Fsp3) is 0.900. The Bertz CT molecular complexity index is 332. The summed E-state index contributed by atoms with van der Waals surface area (Å²) in [6.07, 6.45) is 17.2. The average molecular weight is 502 g/mol. The number of unbranched alkanes of at least 4 members (excludes halogenated alkanes) is 10. The molecule has 27 heavy (non-hydrogen) atoms. The Morgan fingerprint density at radius 1 is 0.741 bits per heavy atom. The van der Waals surface area contributed by atoms with Crippen molar-refractivity contribution in [3.05, 3.63) is 0 Å². The molecule has 0 aliphatic rings. The molecule has 0 aromatic heterocycles. The van der Waals surface area contributed by atoms with Crippen molar-refractivity contribution in [2.24, 2.45) is 5.73 Å². The molecule has 0 heterocycles. The van der Waals surface area contributed by atoms with Crippen LogP contribution in [0.4, 0.5) is 4.79 Å². The first-order valence-corrected chi connectivity index (χ1v) is 11.0. The summed E-state index contributed by atoms with van der Waals surface area (Å²) in [6, 6.07) is -0.814. The Hall–Kier alpha value is 2.69. The molecule has 0 aromatic rings. The number of amides is 3. The zero-order valence-electron chi connectivity index (χ0n) is 17.0. The minimum absolute atomic E-state index is 0.